The van der Waals surface area contributed by atoms with Crippen LogP contribution in [0.3, 0.4) is 0 Å². The van der Waals surface area contributed by atoms with Gasteiger partial charge in [-0.25, -0.2) is 0 Å². The number of ether oxygens (including phenoxy) is 3. The highest BCUT2D eigenvalue weighted by atomic mass is 16.5. The molecule has 0 unspecified atom stereocenters. The van der Waals surface area contributed by atoms with Crippen molar-refractivity contribution in [2.75, 3.05) is 33.0 Å². The second-order valence-corrected chi connectivity index (χ2v) is 10.2. The predicted molar refractivity (Wildman–Crippen MR) is 136 cm³/mol. The van der Waals surface area contributed by atoms with E-state index in [-0.39, 0.29) is 18.1 Å². The van der Waals surface area contributed by atoms with Crippen molar-refractivity contribution in [3.05, 3.63) is 64.7 Å². The molecule has 0 saturated carbocycles. The summed E-state index contributed by atoms with van der Waals surface area (Å²) in [4.78, 5) is 12.8. The van der Waals surface area contributed by atoms with Gasteiger partial charge in [-0.2, -0.15) is 0 Å². The molecular formula is C29H38N2O4. The first-order valence-corrected chi connectivity index (χ1v) is 13.3. The minimum Gasteiger partial charge on any atom is -0.491 e. The number of carbonyl (C=O) groups excluding carboxylic acids is 1. The average molecular weight is 479 g/mol. The summed E-state index contributed by atoms with van der Waals surface area (Å²) in [5.41, 5.74) is 4.80. The van der Waals surface area contributed by atoms with Gasteiger partial charge in [-0.15, -0.1) is 0 Å². The number of amides is 1. The third kappa shape index (κ3) is 6.84. The summed E-state index contributed by atoms with van der Waals surface area (Å²) < 4.78 is 16.9. The van der Waals surface area contributed by atoms with Crippen molar-refractivity contribution in [2.45, 2.75) is 63.6 Å². The quantitative estimate of drug-likeness (QED) is 0.569. The molecular weight excluding hydrogens is 440 g/mol. The number of hydrogen-bond donors (Lipinski definition) is 2. The van der Waals surface area contributed by atoms with E-state index in [4.69, 9.17) is 14.2 Å². The Bertz CT molecular complexity index is 965. The van der Waals surface area contributed by atoms with Crippen LogP contribution < -0.4 is 15.4 Å². The molecule has 2 atom stereocenters. The highest BCUT2D eigenvalue weighted by Gasteiger charge is 2.21. The van der Waals surface area contributed by atoms with Crippen molar-refractivity contribution in [1.29, 1.82) is 0 Å². The van der Waals surface area contributed by atoms with Gasteiger partial charge in [-0.1, -0.05) is 18.2 Å². The topological polar surface area (TPSA) is 68.8 Å². The minimum absolute atomic E-state index is 0.0157. The monoisotopic (exact) mass is 478 g/mol. The largest absolute Gasteiger partial charge is 0.491 e. The Labute approximate surface area is 208 Å². The van der Waals surface area contributed by atoms with Crippen LogP contribution in [0.5, 0.6) is 5.75 Å². The van der Waals surface area contributed by atoms with E-state index in [2.05, 4.69) is 28.8 Å². The summed E-state index contributed by atoms with van der Waals surface area (Å²) in [6.45, 7) is 5.18. The fraction of sp³-hybridized carbons (Fsp3) is 0.552. The second kappa shape index (κ2) is 12.0. The number of nitrogens with one attached hydrogen (secondary N) is 2. The zero-order chi connectivity index (χ0) is 23.9. The number of benzene rings is 2. The molecule has 2 aliphatic heterocycles. The lowest BCUT2D eigenvalue weighted by Gasteiger charge is -2.26. The van der Waals surface area contributed by atoms with E-state index in [1.165, 1.54) is 16.7 Å². The van der Waals surface area contributed by atoms with Crippen molar-refractivity contribution in [3.63, 3.8) is 0 Å². The number of fused-ring (bicyclic) bond motifs is 1. The molecule has 6 heteroatoms. The molecule has 35 heavy (non-hydrogen) atoms. The number of carbonyl (C=O) groups is 1. The fourth-order valence-electron chi connectivity index (χ4n) is 5.35. The van der Waals surface area contributed by atoms with Crippen LogP contribution in [0.15, 0.2) is 42.5 Å². The van der Waals surface area contributed by atoms with Gasteiger partial charge in [0, 0.05) is 38.0 Å². The third-order valence-corrected chi connectivity index (χ3v) is 7.51. The molecule has 0 spiro atoms. The van der Waals surface area contributed by atoms with Gasteiger partial charge >= 0.3 is 0 Å². The molecule has 188 valence electrons. The summed E-state index contributed by atoms with van der Waals surface area (Å²) in [5.74, 6) is 1.50. The van der Waals surface area contributed by atoms with E-state index in [1.807, 2.05) is 24.3 Å². The Morgan fingerprint density at radius 3 is 2.63 bits per heavy atom. The smallest absolute Gasteiger partial charge is 0.251 e. The molecule has 3 aliphatic rings. The SMILES string of the molecule is O=C(N[C@H]1CCc2cc(CNCC3CCOCC3)ccc2C1)c1ccc(OC[C@@H]2CCCO2)cc1. The lowest BCUT2D eigenvalue weighted by molar-refractivity contribution is 0.0662. The van der Waals surface area contributed by atoms with E-state index in [0.29, 0.717) is 12.2 Å². The molecule has 2 fully saturated rings. The highest BCUT2D eigenvalue weighted by Crippen LogP contribution is 2.24. The van der Waals surface area contributed by atoms with Crippen molar-refractivity contribution in [2.24, 2.45) is 5.92 Å². The van der Waals surface area contributed by atoms with E-state index in [0.717, 1.165) is 89.5 Å². The van der Waals surface area contributed by atoms with E-state index < -0.39 is 0 Å². The maximum atomic E-state index is 12.8. The molecule has 2 aromatic carbocycles. The maximum absolute atomic E-state index is 12.8. The lowest BCUT2D eigenvalue weighted by Crippen LogP contribution is -2.38. The van der Waals surface area contributed by atoms with Crippen molar-refractivity contribution >= 4 is 5.91 Å². The van der Waals surface area contributed by atoms with Crippen LogP contribution in [0.1, 0.15) is 59.2 Å². The predicted octanol–water partition coefficient (Wildman–Crippen LogP) is 4.05. The number of hydrogen-bond acceptors (Lipinski definition) is 5. The Kier molecular flexibility index (Phi) is 8.34. The highest BCUT2D eigenvalue weighted by molar-refractivity contribution is 5.94. The van der Waals surface area contributed by atoms with E-state index in [9.17, 15) is 4.79 Å². The molecule has 2 N–H and O–H groups in total. The van der Waals surface area contributed by atoms with Crippen LogP contribution in [0, 0.1) is 5.92 Å². The summed E-state index contributed by atoms with van der Waals surface area (Å²) in [7, 11) is 0. The molecule has 0 radical (unpaired) electrons. The lowest BCUT2D eigenvalue weighted by atomic mass is 9.87. The maximum Gasteiger partial charge on any atom is 0.251 e. The molecule has 2 aromatic rings. The van der Waals surface area contributed by atoms with Gasteiger partial charge < -0.3 is 24.8 Å². The van der Waals surface area contributed by atoms with Gasteiger partial charge in [0.05, 0.1) is 6.10 Å². The van der Waals surface area contributed by atoms with Gasteiger partial charge in [0.15, 0.2) is 0 Å². The Morgan fingerprint density at radius 1 is 0.971 bits per heavy atom. The van der Waals surface area contributed by atoms with E-state index >= 15 is 0 Å². The molecule has 1 aliphatic carbocycles. The Hall–Kier alpha value is -2.41. The second-order valence-electron chi connectivity index (χ2n) is 10.2. The van der Waals surface area contributed by atoms with Crippen LogP contribution in [-0.4, -0.2) is 51.0 Å². The van der Waals surface area contributed by atoms with Crippen LogP contribution in [0.4, 0.5) is 0 Å². The summed E-state index contributed by atoms with van der Waals surface area (Å²) >= 11 is 0. The van der Waals surface area contributed by atoms with Crippen LogP contribution in [0.25, 0.3) is 0 Å². The van der Waals surface area contributed by atoms with Gasteiger partial charge in [-0.05, 0) is 98.4 Å². The van der Waals surface area contributed by atoms with E-state index in [1.54, 1.807) is 0 Å². The van der Waals surface area contributed by atoms with Gasteiger partial charge in [0.25, 0.3) is 5.91 Å². The molecule has 0 aromatic heterocycles. The molecule has 0 bridgehead atoms. The molecule has 6 nitrogen and oxygen atoms in total. The average Bonchev–Trinajstić information content (AvgIpc) is 3.42. The Balaban J connectivity index is 1.07. The summed E-state index contributed by atoms with van der Waals surface area (Å²) in [6, 6.07) is 14.4. The fourth-order valence-corrected chi connectivity index (χ4v) is 5.35. The van der Waals surface area contributed by atoms with Crippen molar-refractivity contribution < 1.29 is 19.0 Å². The van der Waals surface area contributed by atoms with Crippen LogP contribution >= 0.6 is 0 Å². The Morgan fingerprint density at radius 2 is 1.83 bits per heavy atom. The summed E-state index contributed by atoms with van der Waals surface area (Å²) in [5, 5.41) is 6.86. The molecule has 1 amide bonds. The first kappa shape index (κ1) is 24.3. The van der Waals surface area contributed by atoms with Gasteiger partial charge in [0.1, 0.15) is 12.4 Å². The standard InChI is InChI=1S/C29H38N2O4/c32-29(23-6-9-27(10-7-23)35-20-28-2-1-13-34-28)31-26-8-5-24-16-22(3-4-25(24)17-26)19-30-18-21-11-14-33-15-12-21/h3-4,6-7,9-10,16,21,26,28,30H,1-2,5,8,11-15,17-20H2,(H,31,32)/t26-,28-/m0/s1. The normalized spacial score (nSPS) is 22.5. The molecule has 5 rings (SSSR count). The zero-order valence-electron chi connectivity index (χ0n) is 20.6. The minimum atomic E-state index is -0.0157. The van der Waals surface area contributed by atoms with Crippen LogP contribution in [0.2, 0.25) is 0 Å². The first-order valence-electron chi connectivity index (χ1n) is 13.3. The first-order chi connectivity index (χ1) is 17.2. The third-order valence-electron chi connectivity index (χ3n) is 7.51. The zero-order valence-corrected chi connectivity index (χ0v) is 20.6. The van der Waals surface area contributed by atoms with Gasteiger partial charge in [-0.3, -0.25) is 4.79 Å². The molecule has 2 saturated heterocycles. The molecule has 2 heterocycles. The van der Waals surface area contributed by atoms with Crippen molar-refractivity contribution in [1.82, 2.24) is 10.6 Å². The van der Waals surface area contributed by atoms with Gasteiger partial charge in [0.2, 0.25) is 0 Å². The number of aryl methyl sites for hydroxylation is 1. The van der Waals surface area contributed by atoms with Crippen molar-refractivity contribution in [3.8, 4) is 5.75 Å². The van der Waals surface area contributed by atoms with Crippen LogP contribution in [-0.2, 0) is 28.9 Å². The summed E-state index contributed by atoms with van der Waals surface area (Å²) in [6.07, 6.45) is 7.55. The number of rotatable bonds is 9.